The van der Waals surface area contributed by atoms with Crippen LogP contribution in [0.4, 0.5) is 5.13 Å². The van der Waals surface area contributed by atoms with E-state index in [-0.39, 0.29) is 24.0 Å². The van der Waals surface area contributed by atoms with E-state index in [1.54, 1.807) is 11.4 Å². The van der Waals surface area contributed by atoms with Gasteiger partial charge in [0.25, 0.3) is 11.8 Å². The predicted octanol–water partition coefficient (Wildman–Crippen LogP) is 3.50. The Morgan fingerprint density at radius 3 is 2.86 bits per heavy atom. The van der Waals surface area contributed by atoms with Gasteiger partial charge in [-0.2, -0.15) is 0 Å². The van der Waals surface area contributed by atoms with E-state index in [0.717, 1.165) is 44.3 Å². The lowest BCUT2D eigenvalue weighted by Crippen LogP contribution is -2.35. The Balaban J connectivity index is 1.33. The topological polar surface area (TPSA) is 80.8 Å². The third-order valence-electron chi connectivity index (χ3n) is 5.03. The fourth-order valence-electron chi connectivity index (χ4n) is 3.69. The first kappa shape index (κ1) is 19.7. The molecule has 0 bridgehead atoms. The molecule has 1 fully saturated rings. The Morgan fingerprint density at radius 2 is 2.07 bits per heavy atom. The summed E-state index contributed by atoms with van der Waals surface area (Å²) >= 11 is 1.24. The Kier molecular flexibility index (Phi) is 5.45. The molecule has 154 valence electrons. The highest BCUT2D eigenvalue weighted by Crippen LogP contribution is 2.41. The first-order chi connectivity index (χ1) is 13.9. The number of benzene rings is 1. The number of likely N-dealkylation sites (tertiary alicyclic amines) is 1. The fraction of sp³-hybridized carbons (Fsp3) is 0.476. The minimum absolute atomic E-state index is 0.0719. The van der Waals surface area contributed by atoms with Crippen molar-refractivity contribution in [2.75, 3.05) is 25.0 Å². The third kappa shape index (κ3) is 4.53. The molecule has 0 aliphatic carbocycles. The van der Waals surface area contributed by atoms with Gasteiger partial charge >= 0.3 is 0 Å². The SMILES string of the molecule is CC1(C)Cc2cccc(OCC(=O)Nc3nc(C(=O)N4CCCCC4)cs3)c2O1. The van der Waals surface area contributed by atoms with Gasteiger partial charge in [-0.05, 0) is 39.2 Å². The van der Waals surface area contributed by atoms with Crippen LogP contribution < -0.4 is 14.8 Å². The number of para-hydroxylation sites is 1. The Labute approximate surface area is 174 Å². The van der Waals surface area contributed by atoms with Gasteiger partial charge in [-0.15, -0.1) is 11.3 Å². The molecule has 0 radical (unpaired) electrons. The number of piperidine rings is 1. The highest BCUT2D eigenvalue weighted by molar-refractivity contribution is 7.14. The zero-order valence-electron chi connectivity index (χ0n) is 16.7. The van der Waals surface area contributed by atoms with Crippen LogP contribution in [0, 0.1) is 0 Å². The molecule has 2 amide bonds. The van der Waals surface area contributed by atoms with Gasteiger partial charge in [0.05, 0.1) is 0 Å². The van der Waals surface area contributed by atoms with Gasteiger partial charge in [-0.1, -0.05) is 12.1 Å². The lowest BCUT2D eigenvalue weighted by molar-refractivity contribution is -0.118. The van der Waals surface area contributed by atoms with Crippen molar-refractivity contribution in [2.24, 2.45) is 0 Å². The molecule has 8 heteroatoms. The van der Waals surface area contributed by atoms with Crippen molar-refractivity contribution in [3.63, 3.8) is 0 Å². The molecule has 4 rings (SSSR count). The molecule has 1 aromatic heterocycles. The highest BCUT2D eigenvalue weighted by atomic mass is 32.1. The van der Waals surface area contributed by atoms with E-state index in [0.29, 0.717) is 22.3 Å². The molecular weight excluding hydrogens is 390 g/mol. The Morgan fingerprint density at radius 1 is 1.28 bits per heavy atom. The molecule has 3 heterocycles. The number of anilines is 1. The van der Waals surface area contributed by atoms with Crippen LogP contribution in [0.5, 0.6) is 11.5 Å². The number of fused-ring (bicyclic) bond motifs is 1. The number of carbonyl (C=O) groups excluding carboxylic acids is 2. The summed E-state index contributed by atoms with van der Waals surface area (Å²) in [6.45, 7) is 5.43. The van der Waals surface area contributed by atoms with E-state index < -0.39 is 0 Å². The van der Waals surface area contributed by atoms with Crippen molar-refractivity contribution >= 4 is 28.3 Å². The number of nitrogens with zero attached hydrogens (tertiary/aromatic N) is 2. The second-order valence-electron chi connectivity index (χ2n) is 8.01. The first-order valence-electron chi connectivity index (χ1n) is 9.90. The summed E-state index contributed by atoms with van der Waals surface area (Å²) in [5, 5.41) is 4.79. The second-order valence-corrected chi connectivity index (χ2v) is 8.87. The van der Waals surface area contributed by atoms with Crippen LogP contribution in [-0.2, 0) is 11.2 Å². The van der Waals surface area contributed by atoms with Crippen LogP contribution in [-0.4, -0.2) is 47.0 Å². The molecule has 2 aromatic rings. The monoisotopic (exact) mass is 415 g/mol. The van der Waals surface area contributed by atoms with Gasteiger partial charge in [0, 0.05) is 30.5 Å². The maximum atomic E-state index is 12.5. The average molecular weight is 416 g/mol. The number of aromatic nitrogens is 1. The summed E-state index contributed by atoms with van der Waals surface area (Å²) in [7, 11) is 0. The standard InChI is InChI=1S/C21H25N3O4S/c1-21(2)11-14-7-6-8-16(18(14)28-21)27-12-17(25)23-20-22-15(13-29-20)19(26)24-9-4-3-5-10-24/h6-8,13H,3-5,9-12H2,1-2H3,(H,22,23,25). The molecule has 0 spiro atoms. The Bertz CT molecular complexity index is 918. The smallest absolute Gasteiger partial charge is 0.273 e. The molecule has 2 aliphatic heterocycles. The number of hydrogen-bond donors (Lipinski definition) is 1. The van der Waals surface area contributed by atoms with Crippen molar-refractivity contribution in [3.8, 4) is 11.5 Å². The number of carbonyl (C=O) groups is 2. The molecule has 1 N–H and O–H groups in total. The van der Waals surface area contributed by atoms with Gasteiger partial charge in [0.1, 0.15) is 11.3 Å². The largest absolute Gasteiger partial charge is 0.483 e. The van der Waals surface area contributed by atoms with Gasteiger partial charge in [0.2, 0.25) is 0 Å². The highest BCUT2D eigenvalue weighted by Gasteiger charge is 2.32. The minimum atomic E-state index is -0.328. The normalized spacial score (nSPS) is 17.4. The zero-order valence-corrected chi connectivity index (χ0v) is 17.5. The Hall–Kier alpha value is -2.61. The van der Waals surface area contributed by atoms with Crippen LogP contribution in [0.1, 0.15) is 49.2 Å². The molecule has 29 heavy (non-hydrogen) atoms. The average Bonchev–Trinajstić information content (AvgIpc) is 3.29. The fourth-order valence-corrected chi connectivity index (χ4v) is 4.39. The molecule has 1 saturated heterocycles. The summed E-state index contributed by atoms with van der Waals surface area (Å²) in [4.78, 5) is 30.9. The van der Waals surface area contributed by atoms with Crippen LogP contribution in [0.25, 0.3) is 0 Å². The molecule has 0 atom stereocenters. The number of ether oxygens (including phenoxy) is 2. The molecule has 1 aromatic carbocycles. The van der Waals surface area contributed by atoms with Crippen LogP contribution in [0.2, 0.25) is 0 Å². The molecule has 2 aliphatic rings. The minimum Gasteiger partial charge on any atom is -0.483 e. The summed E-state index contributed by atoms with van der Waals surface area (Å²) in [6.07, 6.45) is 4.02. The quantitative estimate of drug-likeness (QED) is 0.808. The number of rotatable bonds is 5. The lowest BCUT2D eigenvalue weighted by Gasteiger charge is -2.25. The van der Waals surface area contributed by atoms with Crippen LogP contribution >= 0.6 is 11.3 Å². The number of nitrogens with one attached hydrogen (secondary N) is 1. The maximum Gasteiger partial charge on any atom is 0.273 e. The van der Waals surface area contributed by atoms with Gasteiger partial charge < -0.3 is 14.4 Å². The van der Waals surface area contributed by atoms with E-state index in [1.807, 2.05) is 30.9 Å². The number of amides is 2. The summed E-state index contributed by atoms with van der Waals surface area (Å²) in [5.41, 5.74) is 1.18. The lowest BCUT2D eigenvalue weighted by atomic mass is 10.0. The van der Waals surface area contributed by atoms with Gasteiger partial charge in [-0.25, -0.2) is 4.98 Å². The first-order valence-corrected chi connectivity index (χ1v) is 10.8. The molecule has 0 saturated carbocycles. The van der Waals surface area contributed by atoms with Gasteiger partial charge in [0.15, 0.2) is 23.2 Å². The second kappa shape index (κ2) is 8.02. The van der Waals surface area contributed by atoms with E-state index in [9.17, 15) is 9.59 Å². The van der Waals surface area contributed by atoms with E-state index in [1.165, 1.54) is 11.3 Å². The zero-order chi connectivity index (χ0) is 20.4. The van der Waals surface area contributed by atoms with Gasteiger partial charge in [-0.3, -0.25) is 14.9 Å². The van der Waals surface area contributed by atoms with Crippen molar-refractivity contribution in [1.29, 1.82) is 0 Å². The van der Waals surface area contributed by atoms with E-state index >= 15 is 0 Å². The van der Waals surface area contributed by atoms with Crippen molar-refractivity contribution < 1.29 is 19.1 Å². The predicted molar refractivity (Wildman–Crippen MR) is 111 cm³/mol. The van der Waals surface area contributed by atoms with Crippen molar-refractivity contribution in [3.05, 3.63) is 34.8 Å². The maximum absolute atomic E-state index is 12.5. The molecular formula is C21H25N3O4S. The van der Waals surface area contributed by atoms with Crippen LogP contribution in [0.3, 0.4) is 0 Å². The number of thiazole rings is 1. The van der Waals surface area contributed by atoms with Crippen LogP contribution in [0.15, 0.2) is 23.6 Å². The third-order valence-corrected chi connectivity index (χ3v) is 5.78. The summed E-state index contributed by atoms with van der Waals surface area (Å²) in [6, 6.07) is 5.70. The molecule has 0 unspecified atom stereocenters. The van der Waals surface area contributed by atoms with E-state index in [2.05, 4.69) is 10.3 Å². The number of hydrogen-bond acceptors (Lipinski definition) is 6. The van der Waals surface area contributed by atoms with E-state index in [4.69, 9.17) is 9.47 Å². The molecule has 7 nitrogen and oxygen atoms in total. The summed E-state index contributed by atoms with van der Waals surface area (Å²) < 4.78 is 11.6. The van der Waals surface area contributed by atoms with Crippen molar-refractivity contribution in [2.45, 2.75) is 45.1 Å². The summed E-state index contributed by atoms with van der Waals surface area (Å²) in [5.74, 6) is 0.862. The van der Waals surface area contributed by atoms with Crippen molar-refractivity contribution in [1.82, 2.24) is 9.88 Å².